The summed E-state index contributed by atoms with van der Waals surface area (Å²) < 4.78 is 5.14. The van der Waals surface area contributed by atoms with Crippen LogP contribution in [0.1, 0.15) is 38.7 Å². The summed E-state index contributed by atoms with van der Waals surface area (Å²) in [5.74, 6) is 1.02. The highest BCUT2D eigenvalue weighted by atomic mass is 16.5. The lowest BCUT2D eigenvalue weighted by Crippen LogP contribution is -2.41. The van der Waals surface area contributed by atoms with E-state index in [9.17, 15) is 4.79 Å². The van der Waals surface area contributed by atoms with E-state index in [2.05, 4.69) is 4.90 Å². The van der Waals surface area contributed by atoms with Gasteiger partial charge in [-0.05, 0) is 49.7 Å². The minimum Gasteiger partial charge on any atom is -0.497 e. The average molecular weight is 301 g/mol. The first-order chi connectivity index (χ1) is 10.5. The summed E-state index contributed by atoms with van der Waals surface area (Å²) in [6.07, 6.45) is 7.44. The molecular formula is C19H27NO2. The van der Waals surface area contributed by atoms with Crippen LogP contribution in [0, 0.1) is 5.41 Å². The van der Waals surface area contributed by atoms with E-state index >= 15 is 0 Å². The fourth-order valence-corrected chi connectivity index (χ4v) is 2.87. The maximum absolute atomic E-state index is 12.5. The highest BCUT2D eigenvalue weighted by Crippen LogP contribution is 2.22. The Hall–Kier alpha value is -1.61. The molecule has 0 aliphatic carbocycles. The first kappa shape index (κ1) is 16.8. The quantitative estimate of drug-likeness (QED) is 0.749. The zero-order valence-electron chi connectivity index (χ0n) is 14.0. The number of piperidine rings is 1. The second kappa shape index (κ2) is 7.59. The predicted octanol–water partition coefficient (Wildman–Crippen LogP) is 3.79. The molecule has 0 amide bonds. The van der Waals surface area contributed by atoms with Crippen molar-refractivity contribution >= 4 is 11.9 Å². The molecule has 0 radical (unpaired) electrons. The molecule has 0 atom stereocenters. The number of methoxy groups -OCH3 is 1. The van der Waals surface area contributed by atoms with Gasteiger partial charge in [0.25, 0.3) is 0 Å². The first-order valence-corrected chi connectivity index (χ1v) is 8.10. The van der Waals surface area contributed by atoms with Gasteiger partial charge in [0, 0.05) is 12.0 Å². The third kappa shape index (κ3) is 4.70. The predicted molar refractivity (Wildman–Crippen MR) is 91.1 cm³/mol. The lowest BCUT2D eigenvalue weighted by molar-refractivity contribution is -0.123. The van der Waals surface area contributed by atoms with Crippen molar-refractivity contribution < 1.29 is 9.53 Å². The van der Waals surface area contributed by atoms with Crippen molar-refractivity contribution in [2.75, 3.05) is 26.7 Å². The van der Waals surface area contributed by atoms with Crippen LogP contribution in [0.15, 0.2) is 30.3 Å². The zero-order chi connectivity index (χ0) is 16.0. The molecule has 0 unspecified atom stereocenters. The summed E-state index contributed by atoms with van der Waals surface area (Å²) in [4.78, 5) is 14.9. The van der Waals surface area contributed by atoms with E-state index in [0.29, 0.717) is 0 Å². The van der Waals surface area contributed by atoms with Crippen LogP contribution in [0.2, 0.25) is 0 Å². The van der Waals surface area contributed by atoms with Gasteiger partial charge < -0.3 is 9.64 Å². The molecule has 1 saturated heterocycles. The molecule has 1 aromatic carbocycles. The number of carbonyl (C=O) groups excluding carboxylic acids is 1. The van der Waals surface area contributed by atoms with Gasteiger partial charge in [0.2, 0.25) is 0 Å². The Morgan fingerprint density at radius 2 is 1.82 bits per heavy atom. The summed E-state index contributed by atoms with van der Waals surface area (Å²) in [7, 11) is 1.65. The second-order valence-electron chi connectivity index (χ2n) is 6.69. The molecule has 1 fully saturated rings. The number of ether oxygens (including phenoxy) is 1. The molecular weight excluding hydrogens is 274 g/mol. The molecule has 0 spiro atoms. The minimum absolute atomic E-state index is 0.189. The smallest absolute Gasteiger partial charge is 0.162 e. The van der Waals surface area contributed by atoms with E-state index in [1.54, 1.807) is 13.2 Å². The van der Waals surface area contributed by atoms with Gasteiger partial charge in [-0.2, -0.15) is 0 Å². The summed E-state index contributed by atoms with van der Waals surface area (Å²) >= 11 is 0. The normalized spacial score (nSPS) is 16.9. The minimum atomic E-state index is -0.333. The van der Waals surface area contributed by atoms with Crippen molar-refractivity contribution in [2.45, 2.75) is 33.1 Å². The van der Waals surface area contributed by atoms with Gasteiger partial charge in [0.05, 0.1) is 7.11 Å². The number of likely N-dealkylation sites (tertiary alicyclic amines) is 1. The maximum atomic E-state index is 12.5. The van der Waals surface area contributed by atoms with Crippen molar-refractivity contribution in [3.05, 3.63) is 35.9 Å². The van der Waals surface area contributed by atoms with Crippen LogP contribution in [-0.4, -0.2) is 37.4 Å². The molecule has 1 aliphatic heterocycles. The fourth-order valence-electron chi connectivity index (χ4n) is 2.87. The lowest BCUT2D eigenvalue weighted by atomic mass is 9.86. The van der Waals surface area contributed by atoms with Gasteiger partial charge in [-0.25, -0.2) is 0 Å². The zero-order valence-corrected chi connectivity index (χ0v) is 14.0. The Morgan fingerprint density at radius 3 is 2.41 bits per heavy atom. The second-order valence-corrected chi connectivity index (χ2v) is 6.69. The van der Waals surface area contributed by atoms with Crippen molar-refractivity contribution in [3.63, 3.8) is 0 Å². The molecule has 1 aromatic rings. The summed E-state index contributed by atoms with van der Waals surface area (Å²) in [5, 5.41) is 0. The van der Waals surface area contributed by atoms with Gasteiger partial charge in [-0.15, -0.1) is 0 Å². The number of benzene rings is 1. The molecule has 0 N–H and O–H groups in total. The van der Waals surface area contributed by atoms with Crippen molar-refractivity contribution in [2.24, 2.45) is 5.41 Å². The van der Waals surface area contributed by atoms with Crippen LogP contribution in [0.25, 0.3) is 6.08 Å². The van der Waals surface area contributed by atoms with Gasteiger partial charge in [0.15, 0.2) is 5.78 Å². The molecule has 22 heavy (non-hydrogen) atoms. The van der Waals surface area contributed by atoms with E-state index in [0.717, 1.165) is 30.9 Å². The van der Waals surface area contributed by atoms with Gasteiger partial charge in [-0.1, -0.05) is 38.5 Å². The van der Waals surface area contributed by atoms with E-state index in [1.165, 1.54) is 19.3 Å². The van der Waals surface area contributed by atoms with Crippen molar-refractivity contribution in [1.29, 1.82) is 0 Å². The van der Waals surface area contributed by atoms with Crippen molar-refractivity contribution in [1.82, 2.24) is 4.90 Å². The van der Waals surface area contributed by atoms with Crippen LogP contribution in [0.5, 0.6) is 5.75 Å². The Bertz CT molecular complexity index is 511. The molecule has 0 aromatic heterocycles. The summed E-state index contributed by atoms with van der Waals surface area (Å²) in [6, 6.07) is 7.73. The fraction of sp³-hybridized carbons (Fsp3) is 0.526. The molecule has 3 nitrogen and oxygen atoms in total. The Morgan fingerprint density at radius 1 is 1.18 bits per heavy atom. The Labute approximate surface area is 134 Å². The number of rotatable bonds is 6. The lowest BCUT2D eigenvalue weighted by Gasteiger charge is -2.33. The van der Waals surface area contributed by atoms with Gasteiger partial charge in [0.1, 0.15) is 5.75 Å². The SMILES string of the molecule is COc1ccc(C=CC(=O)C(C)(C)CN2CCCCC2)cc1. The monoisotopic (exact) mass is 301 g/mol. The van der Waals surface area contributed by atoms with Crippen LogP contribution in [-0.2, 0) is 4.79 Å². The maximum Gasteiger partial charge on any atom is 0.162 e. The first-order valence-electron chi connectivity index (χ1n) is 8.10. The van der Waals surface area contributed by atoms with Crippen LogP contribution in [0.4, 0.5) is 0 Å². The third-order valence-electron chi connectivity index (χ3n) is 4.28. The summed E-state index contributed by atoms with van der Waals surface area (Å²) in [5.41, 5.74) is 0.684. The number of hydrogen-bond acceptors (Lipinski definition) is 3. The number of allylic oxidation sites excluding steroid dienone is 1. The Kier molecular flexibility index (Phi) is 5.78. The topological polar surface area (TPSA) is 29.5 Å². The molecule has 1 heterocycles. The molecule has 2 rings (SSSR count). The highest BCUT2D eigenvalue weighted by Gasteiger charge is 2.28. The average Bonchev–Trinajstić information content (AvgIpc) is 2.53. The largest absolute Gasteiger partial charge is 0.497 e. The number of hydrogen-bond donors (Lipinski definition) is 0. The highest BCUT2D eigenvalue weighted by molar-refractivity contribution is 5.97. The molecule has 1 aliphatic rings. The van der Waals surface area contributed by atoms with E-state index in [-0.39, 0.29) is 11.2 Å². The molecule has 3 heteroatoms. The van der Waals surface area contributed by atoms with E-state index < -0.39 is 0 Å². The number of ketones is 1. The molecule has 120 valence electrons. The van der Waals surface area contributed by atoms with Crippen LogP contribution in [0.3, 0.4) is 0 Å². The number of carbonyl (C=O) groups is 1. The summed E-state index contributed by atoms with van der Waals surface area (Å²) in [6.45, 7) is 7.18. The molecule has 0 bridgehead atoms. The van der Waals surface area contributed by atoms with Gasteiger partial charge >= 0.3 is 0 Å². The van der Waals surface area contributed by atoms with Crippen LogP contribution < -0.4 is 4.74 Å². The molecule has 0 saturated carbocycles. The third-order valence-corrected chi connectivity index (χ3v) is 4.28. The van der Waals surface area contributed by atoms with Gasteiger partial charge in [-0.3, -0.25) is 4.79 Å². The van der Waals surface area contributed by atoms with Crippen LogP contribution >= 0.6 is 0 Å². The standard InChI is InChI=1S/C19H27NO2/c1-19(2,15-20-13-5-4-6-14-20)18(21)12-9-16-7-10-17(22-3)11-8-16/h7-12H,4-6,13-15H2,1-3H3. The van der Waals surface area contributed by atoms with Crippen molar-refractivity contribution in [3.8, 4) is 5.75 Å². The number of nitrogens with zero attached hydrogens (tertiary/aromatic N) is 1. The Balaban J connectivity index is 1.94. The van der Waals surface area contributed by atoms with E-state index in [4.69, 9.17) is 4.74 Å². The van der Waals surface area contributed by atoms with E-state index in [1.807, 2.05) is 44.2 Å².